The molecule has 1 fully saturated rings. The summed E-state index contributed by atoms with van der Waals surface area (Å²) in [6.07, 6.45) is 3.85. The number of anilines is 2. The van der Waals surface area contributed by atoms with Gasteiger partial charge in [0.05, 0.1) is 16.7 Å². The molecule has 2 aromatic carbocycles. The van der Waals surface area contributed by atoms with Crippen LogP contribution in [-0.4, -0.2) is 31.2 Å². The SMILES string of the molecule is O=C(O)C[C@H]1CC[C@H](c2ccc3[nH]c(-c4nnc(Nc5cc(F)c(F)cc5F)o4)nc3c2)CC1. The molecule has 0 bridgehead atoms. The summed E-state index contributed by atoms with van der Waals surface area (Å²) in [5.41, 5.74) is 2.26. The largest absolute Gasteiger partial charge is 0.481 e. The van der Waals surface area contributed by atoms with Crippen LogP contribution in [0.2, 0.25) is 0 Å². The predicted octanol–water partition coefficient (Wildman–Crippen LogP) is 5.52. The van der Waals surface area contributed by atoms with Crippen LogP contribution < -0.4 is 5.32 Å². The highest BCUT2D eigenvalue weighted by Crippen LogP contribution is 2.38. The van der Waals surface area contributed by atoms with Gasteiger partial charge in [0, 0.05) is 18.6 Å². The van der Waals surface area contributed by atoms with E-state index in [1.165, 1.54) is 0 Å². The monoisotopic (exact) mass is 471 g/mol. The fraction of sp³-hybridized carbons (Fsp3) is 0.304. The minimum absolute atomic E-state index is 0.0393. The molecule has 0 saturated heterocycles. The average molecular weight is 471 g/mol. The van der Waals surface area contributed by atoms with Gasteiger partial charge in [-0.15, -0.1) is 5.10 Å². The van der Waals surface area contributed by atoms with E-state index in [4.69, 9.17) is 9.52 Å². The minimum atomic E-state index is -1.30. The molecule has 1 aliphatic carbocycles. The van der Waals surface area contributed by atoms with Crippen molar-refractivity contribution in [1.29, 1.82) is 0 Å². The molecule has 0 radical (unpaired) electrons. The molecule has 2 aromatic heterocycles. The summed E-state index contributed by atoms with van der Waals surface area (Å²) in [4.78, 5) is 18.5. The van der Waals surface area contributed by atoms with Crippen LogP contribution in [-0.2, 0) is 4.79 Å². The number of aromatic amines is 1. The molecule has 1 aliphatic rings. The number of benzene rings is 2. The molecule has 0 amide bonds. The number of carboxylic acids is 1. The summed E-state index contributed by atoms with van der Waals surface area (Å²) in [5, 5.41) is 19.1. The summed E-state index contributed by atoms with van der Waals surface area (Å²) in [5.74, 6) is -3.35. The number of rotatable bonds is 6. The Morgan fingerprint density at radius 3 is 2.59 bits per heavy atom. The Labute approximate surface area is 191 Å². The van der Waals surface area contributed by atoms with Gasteiger partial charge >= 0.3 is 12.0 Å². The molecule has 2 heterocycles. The second kappa shape index (κ2) is 8.81. The van der Waals surface area contributed by atoms with E-state index in [0.717, 1.165) is 36.8 Å². The van der Waals surface area contributed by atoms with Crippen LogP contribution in [0, 0.1) is 23.4 Å². The third kappa shape index (κ3) is 4.45. The van der Waals surface area contributed by atoms with Crippen molar-refractivity contribution < 1.29 is 27.5 Å². The predicted molar refractivity (Wildman–Crippen MR) is 116 cm³/mol. The lowest BCUT2D eigenvalue weighted by Gasteiger charge is -2.27. The summed E-state index contributed by atoms with van der Waals surface area (Å²) in [7, 11) is 0. The molecule has 0 atom stereocenters. The van der Waals surface area contributed by atoms with Gasteiger partial charge in [-0.1, -0.05) is 11.2 Å². The molecule has 5 rings (SSSR count). The van der Waals surface area contributed by atoms with Crippen LogP contribution in [0.4, 0.5) is 24.9 Å². The first-order valence-corrected chi connectivity index (χ1v) is 10.8. The normalized spacial score (nSPS) is 18.3. The number of nitrogens with zero attached hydrogens (tertiary/aromatic N) is 3. The number of carbonyl (C=O) groups is 1. The smallest absolute Gasteiger partial charge is 0.320 e. The molecule has 8 nitrogen and oxygen atoms in total. The summed E-state index contributed by atoms with van der Waals surface area (Å²) in [6.45, 7) is 0. The second-order valence-electron chi connectivity index (χ2n) is 8.46. The number of aliphatic carboxylic acids is 1. The maximum absolute atomic E-state index is 13.9. The Bertz CT molecular complexity index is 1360. The summed E-state index contributed by atoms with van der Waals surface area (Å²) < 4.78 is 45.8. The average Bonchev–Trinajstić information content (AvgIpc) is 3.44. The highest BCUT2D eigenvalue weighted by Gasteiger charge is 2.24. The van der Waals surface area contributed by atoms with E-state index in [9.17, 15) is 18.0 Å². The molecule has 1 saturated carbocycles. The molecule has 0 spiro atoms. The Hall–Kier alpha value is -3.89. The molecule has 11 heteroatoms. The first-order valence-electron chi connectivity index (χ1n) is 10.8. The number of carboxylic acid groups (broad SMARTS) is 1. The van der Waals surface area contributed by atoms with E-state index >= 15 is 0 Å². The molecule has 0 aliphatic heterocycles. The number of hydrogen-bond donors (Lipinski definition) is 3. The maximum Gasteiger partial charge on any atom is 0.320 e. The van der Waals surface area contributed by atoms with Crippen molar-refractivity contribution in [2.75, 3.05) is 5.32 Å². The van der Waals surface area contributed by atoms with Crippen molar-refractivity contribution >= 4 is 28.7 Å². The number of hydrogen-bond acceptors (Lipinski definition) is 6. The fourth-order valence-corrected chi connectivity index (χ4v) is 4.43. The van der Waals surface area contributed by atoms with E-state index in [0.29, 0.717) is 29.4 Å². The number of H-pyrrole nitrogens is 1. The Morgan fingerprint density at radius 1 is 1.06 bits per heavy atom. The Balaban J connectivity index is 1.31. The van der Waals surface area contributed by atoms with E-state index in [-0.39, 0.29) is 29.9 Å². The van der Waals surface area contributed by atoms with Gasteiger partial charge in [-0.25, -0.2) is 18.2 Å². The van der Waals surface area contributed by atoms with Crippen LogP contribution in [0.25, 0.3) is 22.7 Å². The van der Waals surface area contributed by atoms with Crippen molar-refractivity contribution in [2.24, 2.45) is 5.92 Å². The van der Waals surface area contributed by atoms with Gasteiger partial charge < -0.3 is 19.8 Å². The lowest BCUT2D eigenvalue weighted by Crippen LogP contribution is -2.16. The van der Waals surface area contributed by atoms with Gasteiger partial charge in [-0.05, 0) is 55.2 Å². The first-order chi connectivity index (χ1) is 16.4. The van der Waals surface area contributed by atoms with Gasteiger partial charge in [0.15, 0.2) is 17.5 Å². The van der Waals surface area contributed by atoms with Crippen LogP contribution >= 0.6 is 0 Å². The molecular formula is C23H20F3N5O3. The summed E-state index contributed by atoms with van der Waals surface area (Å²) >= 11 is 0. The van der Waals surface area contributed by atoms with Gasteiger partial charge in [-0.3, -0.25) is 4.79 Å². The summed E-state index contributed by atoms with van der Waals surface area (Å²) in [6, 6.07) is 6.80. The Kier molecular flexibility index (Phi) is 5.68. The van der Waals surface area contributed by atoms with Gasteiger partial charge in [0.25, 0.3) is 5.89 Å². The first kappa shape index (κ1) is 21.9. The highest BCUT2D eigenvalue weighted by molar-refractivity contribution is 5.79. The number of fused-ring (bicyclic) bond motifs is 1. The lowest BCUT2D eigenvalue weighted by atomic mass is 9.77. The van der Waals surface area contributed by atoms with Crippen LogP contribution in [0.3, 0.4) is 0 Å². The standard InChI is InChI=1S/C23H20F3N5O3/c24-14-9-16(26)18(10-15(14)25)29-23-31-30-22(34-23)21-27-17-6-5-13(8-19(17)28-21)12-3-1-11(2-4-12)7-20(32)33/h5-6,8-12H,1-4,7H2,(H,27,28)(H,29,31)(H,32,33)/t11-,12-. The minimum Gasteiger partial charge on any atom is -0.481 e. The van der Waals surface area contributed by atoms with E-state index in [2.05, 4.69) is 25.5 Å². The molecule has 0 unspecified atom stereocenters. The molecule has 34 heavy (non-hydrogen) atoms. The van der Waals surface area contributed by atoms with Gasteiger partial charge in [0.2, 0.25) is 0 Å². The van der Waals surface area contributed by atoms with Gasteiger partial charge in [-0.2, -0.15) is 0 Å². The zero-order chi connectivity index (χ0) is 23.8. The molecule has 3 N–H and O–H groups in total. The van der Waals surface area contributed by atoms with Crippen LogP contribution in [0.15, 0.2) is 34.7 Å². The van der Waals surface area contributed by atoms with E-state index in [1.54, 1.807) is 0 Å². The second-order valence-corrected chi connectivity index (χ2v) is 8.46. The molecule has 176 valence electrons. The number of nitrogens with one attached hydrogen (secondary N) is 2. The van der Waals surface area contributed by atoms with E-state index in [1.807, 2.05) is 18.2 Å². The van der Waals surface area contributed by atoms with Crippen molar-refractivity contribution in [2.45, 2.75) is 38.0 Å². The zero-order valence-corrected chi connectivity index (χ0v) is 17.8. The maximum atomic E-state index is 13.9. The molecule has 4 aromatic rings. The van der Waals surface area contributed by atoms with Gasteiger partial charge in [0.1, 0.15) is 5.82 Å². The highest BCUT2D eigenvalue weighted by atomic mass is 19.2. The van der Waals surface area contributed by atoms with Crippen molar-refractivity contribution in [1.82, 2.24) is 20.2 Å². The van der Waals surface area contributed by atoms with Crippen molar-refractivity contribution in [3.8, 4) is 11.7 Å². The number of aromatic nitrogens is 4. The number of halogens is 3. The Morgan fingerprint density at radius 2 is 1.82 bits per heavy atom. The van der Waals surface area contributed by atoms with Crippen LogP contribution in [0.1, 0.15) is 43.6 Å². The third-order valence-corrected chi connectivity index (χ3v) is 6.17. The topological polar surface area (TPSA) is 117 Å². The van der Waals surface area contributed by atoms with Crippen molar-refractivity contribution in [3.05, 3.63) is 53.3 Å². The van der Waals surface area contributed by atoms with Crippen molar-refractivity contribution in [3.63, 3.8) is 0 Å². The quantitative estimate of drug-likeness (QED) is 0.317. The molecular weight excluding hydrogens is 451 g/mol. The third-order valence-electron chi connectivity index (χ3n) is 6.17. The van der Waals surface area contributed by atoms with E-state index < -0.39 is 23.4 Å². The van der Waals surface area contributed by atoms with Crippen LogP contribution in [0.5, 0.6) is 0 Å². The number of imidazole rings is 1. The lowest BCUT2D eigenvalue weighted by molar-refractivity contribution is -0.138. The fourth-order valence-electron chi connectivity index (χ4n) is 4.43. The zero-order valence-electron chi connectivity index (χ0n) is 17.8.